The number of amides is 1. The van der Waals surface area contributed by atoms with Crippen molar-refractivity contribution in [1.29, 1.82) is 0 Å². The number of ether oxygens (including phenoxy) is 2. The third-order valence-corrected chi connectivity index (χ3v) is 7.12. The van der Waals surface area contributed by atoms with Crippen molar-refractivity contribution in [2.45, 2.75) is 51.2 Å². The van der Waals surface area contributed by atoms with Gasteiger partial charge in [-0.3, -0.25) is 9.69 Å². The number of aliphatic hydroxyl groups is 1. The fourth-order valence-corrected chi connectivity index (χ4v) is 5.05. The zero-order valence-electron chi connectivity index (χ0n) is 20.3. The third-order valence-electron chi connectivity index (χ3n) is 6.87. The highest BCUT2D eigenvalue weighted by molar-refractivity contribution is 6.30. The number of fused-ring (bicyclic) bond motifs is 1. The van der Waals surface area contributed by atoms with E-state index >= 15 is 0 Å². The predicted octanol–water partition coefficient (Wildman–Crippen LogP) is 5.54. The quantitative estimate of drug-likeness (QED) is 0.492. The number of carbonyl (C=O) groups is 1. The molecule has 2 aliphatic rings. The summed E-state index contributed by atoms with van der Waals surface area (Å²) < 4.78 is 12.5. The number of hydrogen-bond donors (Lipinski definition) is 1. The highest BCUT2D eigenvalue weighted by atomic mass is 35.5. The second kappa shape index (κ2) is 9.07. The first kappa shape index (κ1) is 24.0. The standard InChI is InChI=1S/C29H30ClNO4/c1-19-4-6-20(7-5-19)17-31-27(32)25-16-22(28(2,3)33)10-13-26(25)29(31,35-24-14-15-34-18-24)21-8-11-23(30)12-9-21/h4-13,16,24,33H,14-15,17-18H2,1-3H3/t24?,29-/m1/s1. The number of carbonyl (C=O) groups excluding carboxylic acids is 1. The Labute approximate surface area is 211 Å². The molecule has 1 fully saturated rings. The summed E-state index contributed by atoms with van der Waals surface area (Å²) in [6.07, 6.45) is 0.581. The fourth-order valence-electron chi connectivity index (χ4n) is 4.92. The number of aryl methyl sites for hydroxylation is 1. The normalized spacial score (nSPS) is 22.0. The molecule has 0 bridgehead atoms. The lowest BCUT2D eigenvalue weighted by molar-refractivity contribution is -0.147. The molecule has 5 rings (SSSR count). The van der Waals surface area contributed by atoms with Gasteiger partial charge in [-0.1, -0.05) is 65.7 Å². The largest absolute Gasteiger partial charge is 0.386 e. The van der Waals surface area contributed by atoms with Crippen LogP contribution in [0.5, 0.6) is 0 Å². The zero-order chi connectivity index (χ0) is 24.8. The number of nitrogens with zero attached hydrogens (tertiary/aromatic N) is 1. The highest BCUT2D eigenvalue weighted by Gasteiger charge is 2.54. The van der Waals surface area contributed by atoms with Gasteiger partial charge < -0.3 is 14.6 Å². The van der Waals surface area contributed by atoms with E-state index in [1.807, 2.05) is 67.6 Å². The summed E-state index contributed by atoms with van der Waals surface area (Å²) >= 11 is 6.25. The maximum Gasteiger partial charge on any atom is 0.257 e. The molecule has 0 aromatic heterocycles. The highest BCUT2D eigenvalue weighted by Crippen LogP contribution is 2.48. The summed E-state index contributed by atoms with van der Waals surface area (Å²) in [5.41, 5.74) is 2.72. The molecule has 182 valence electrons. The Morgan fingerprint density at radius 1 is 1.11 bits per heavy atom. The van der Waals surface area contributed by atoms with Crippen LogP contribution in [0.15, 0.2) is 66.7 Å². The van der Waals surface area contributed by atoms with Crippen molar-refractivity contribution in [1.82, 2.24) is 4.90 Å². The number of hydrogen-bond acceptors (Lipinski definition) is 4. The number of benzene rings is 3. The molecule has 1 N–H and O–H groups in total. The molecule has 2 atom stereocenters. The van der Waals surface area contributed by atoms with Gasteiger partial charge in [0.2, 0.25) is 0 Å². The summed E-state index contributed by atoms with van der Waals surface area (Å²) in [5, 5.41) is 11.3. The molecule has 1 amide bonds. The molecule has 0 aliphatic carbocycles. The van der Waals surface area contributed by atoms with Crippen LogP contribution < -0.4 is 0 Å². The molecule has 2 heterocycles. The van der Waals surface area contributed by atoms with Crippen molar-refractivity contribution < 1.29 is 19.4 Å². The molecular formula is C29H30ClNO4. The first-order valence-electron chi connectivity index (χ1n) is 11.9. The topological polar surface area (TPSA) is 59.0 Å². The van der Waals surface area contributed by atoms with Crippen LogP contribution in [-0.2, 0) is 27.3 Å². The summed E-state index contributed by atoms with van der Waals surface area (Å²) in [6.45, 7) is 6.94. The van der Waals surface area contributed by atoms with E-state index in [0.717, 1.165) is 28.7 Å². The lowest BCUT2D eigenvalue weighted by Gasteiger charge is -2.41. The molecule has 2 aliphatic heterocycles. The van der Waals surface area contributed by atoms with Gasteiger partial charge in [-0.05, 0) is 56.5 Å². The molecule has 3 aromatic rings. The van der Waals surface area contributed by atoms with Gasteiger partial charge in [0.1, 0.15) is 0 Å². The molecule has 6 heteroatoms. The Kier molecular flexibility index (Phi) is 6.22. The Hall–Kier alpha value is -2.70. The van der Waals surface area contributed by atoms with Crippen LogP contribution in [0, 0.1) is 6.92 Å². The molecule has 0 spiro atoms. The summed E-state index contributed by atoms with van der Waals surface area (Å²) in [4.78, 5) is 15.9. The Morgan fingerprint density at radius 2 is 1.83 bits per heavy atom. The van der Waals surface area contributed by atoms with Crippen LogP contribution in [0.25, 0.3) is 0 Å². The van der Waals surface area contributed by atoms with Crippen LogP contribution in [0.1, 0.15) is 58.4 Å². The van der Waals surface area contributed by atoms with Crippen molar-refractivity contribution in [2.75, 3.05) is 13.2 Å². The van der Waals surface area contributed by atoms with Crippen molar-refractivity contribution in [3.63, 3.8) is 0 Å². The first-order valence-corrected chi connectivity index (χ1v) is 12.3. The van der Waals surface area contributed by atoms with E-state index in [9.17, 15) is 9.90 Å². The average Bonchev–Trinajstić information content (AvgIpc) is 3.42. The van der Waals surface area contributed by atoms with Crippen LogP contribution >= 0.6 is 11.6 Å². The maximum absolute atomic E-state index is 14.1. The van der Waals surface area contributed by atoms with Crippen LogP contribution in [0.3, 0.4) is 0 Å². The van der Waals surface area contributed by atoms with E-state index in [1.54, 1.807) is 24.8 Å². The molecule has 0 saturated carbocycles. The lowest BCUT2D eigenvalue weighted by Crippen LogP contribution is -2.48. The van der Waals surface area contributed by atoms with Gasteiger partial charge >= 0.3 is 0 Å². The van der Waals surface area contributed by atoms with Gasteiger partial charge in [-0.15, -0.1) is 0 Å². The second-order valence-corrected chi connectivity index (χ2v) is 10.4. The van der Waals surface area contributed by atoms with E-state index < -0.39 is 11.3 Å². The molecule has 5 nitrogen and oxygen atoms in total. The minimum atomic E-state index is -1.15. The summed E-state index contributed by atoms with van der Waals surface area (Å²) in [7, 11) is 0. The SMILES string of the molecule is Cc1ccc(CN2C(=O)c3cc(C(C)(C)O)ccc3[C@]2(OC2CCOC2)c2ccc(Cl)cc2)cc1. The number of rotatable bonds is 6. The summed E-state index contributed by atoms with van der Waals surface area (Å²) in [6, 6.07) is 21.3. The minimum absolute atomic E-state index is 0.138. The molecule has 1 unspecified atom stereocenters. The van der Waals surface area contributed by atoms with Gasteiger partial charge in [-0.25, -0.2) is 0 Å². The van der Waals surface area contributed by atoms with Crippen LogP contribution in [-0.4, -0.2) is 35.2 Å². The van der Waals surface area contributed by atoms with E-state index in [1.165, 1.54) is 0 Å². The van der Waals surface area contributed by atoms with E-state index in [2.05, 4.69) is 0 Å². The third kappa shape index (κ3) is 4.38. The van der Waals surface area contributed by atoms with E-state index in [0.29, 0.717) is 35.9 Å². The maximum atomic E-state index is 14.1. The van der Waals surface area contributed by atoms with Crippen molar-refractivity contribution in [2.24, 2.45) is 0 Å². The Morgan fingerprint density at radius 3 is 2.46 bits per heavy atom. The van der Waals surface area contributed by atoms with Gasteiger partial charge in [-0.2, -0.15) is 0 Å². The Bertz CT molecular complexity index is 1230. The molecule has 35 heavy (non-hydrogen) atoms. The first-order chi connectivity index (χ1) is 16.7. The second-order valence-electron chi connectivity index (χ2n) is 9.95. The van der Waals surface area contributed by atoms with Gasteiger partial charge in [0, 0.05) is 34.9 Å². The predicted molar refractivity (Wildman–Crippen MR) is 135 cm³/mol. The zero-order valence-corrected chi connectivity index (χ0v) is 21.0. The Balaban J connectivity index is 1.72. The lowest BCUT2D eigenvalue weighted by atomic mass is 9.89. The van der Waals surface area contributed by atoms with Crippen molar-refractivity contribution in [3.8, 4) is 0 Å². The van der Waals surface area contributed by atoms with Gasteiger partial charge in [0.15, 0.2) is 5.72 Å². The molecule has 0 radical (unpaired) electrons. The molecule has 3 aromatic carbocycles. The molecule has 1 saturated heterocycles. The fraction of sp³-hybridized carbons (Fsp3) is 0.345. The monoisotopic (exact) mass is 491 g/mol. The van der Waals surface area contributed by atoms with Crippen molar-refractivity contribution >= 4 is 17.5 Å². The molecular weight excluding hydrogens is 462 g/mol. The number of halogens is 1. The summed E-state index contributed by atoms with van der Waals surface area (Å²) in [5.74, 6) is -0.138. The van der Waals surface area contributed by atoms with E-state index in [-0.39, 0.29) is 12.0 Å². The van der Waals surface area contributed by atoms with Crippen LogP contribution in [0.4, 0.5) is 0 Å². The van der Waals surface area contributed by atoms with Gasteiger partial charge in [0.05, 0.1) is 18.3 Å². The smallest absolute Gasteiger partial charge is 0.257 e. The van der Waals surface area contributed by atoms with E-state index in [4.69, 9.17) is 21.1 Å². The average molecular weight is 492 g/mol. The minimum Gasteiger partial charge on any atom is -0.386 e. The van der Waals surface area contributed by atoms with Crippen LogP contribution in [0.2, 0.25) is 5.02 Å². The van der Waals surface area contributed by atoms with Gasteiger partial charge in [0.25, 0.3) is 5.91 Å². The van der Waals surface area contributed by atoms with Crippen molar-refractivity contribution in [3.05, 3.63) is 105 Å².